The van der Waals surface area contributed by atoms with Gasteiger partial charge in [0.15, 0.2) is 0 Å². The Morgan fingerprint density at radius 3 is 2.73 bits per heavy atom. The topological polar surface area (TPSA) is 54.5 Å². The Bertz CT molecular complexity index is 728. The van der Waals surface area contributed by atoms with E-state index >= 15 is 0 Å². The standard InChI is InChI=1S/C20H29N3O2S/c1-6-9-23(20(24)21-14(2)3)11-17-13-26-19(22-17)12-25-18-8-7-15(4)16(5)10-18/h7-8,10,13-14H,6,9,11-12H2,1-5H3,(H,21,24). The first-order valence-electron chi connectivity index (χ1n) is 9.07. The number of aryl methyl sites for hydroxylation is 2. The fraction of sp³-hybridized carbons (Fsp3) is 0.500. The number of hydrogen-bond acceptors (Lipinski definition) is 4. The maximum atomic E-state index is 12.3. The van der Waals surface area contributed by atoms with Crippen molar-refractivity contribution in [2.45, 2.75) is 60.2 Å². The Morgan fingerprint density at radius 1 is 1.31 bits per heavy atom. The minimum atomic E-state index is -0.0391. The van der Waals surface area contributed by atoms with E-state index in [-0.39, 0.29) is 12.1 Å². The molecule has 0 unspecified atom stereocenters. The monoisotopic (exact) mass is 375 g/mol. The second kappa shape index (κ2) is 9.57. The molecule has 2 aromatic rings. The van der Waals surface area contributed by atoms with Gasteiger partial charge in [-0.3, -0.25) is 0 Å². The molecule has 26 heavy (non-hydrogen) atoms. The molecule has 0 fully saturated rings. The van der Waals surface area contributed by atoms with E-state index in [2.05, 4.69) is 37.1 Å². The molecule has 0 spiro atoms. The number of aromatic nitrogens is 1. The van der Waals surface area contributed by atoms with Gasteiger partial charge in [0.2, 0.25) is 0 Å². The van der Waals surface area contributed by atoms with Gasteiger partial charge in [-0.15, -0.1) is 11.3 Å². The zero-order chi connectivity index (χ0) is 19.1. The lowest BCUT2D eigenvalue weighted by Crippen LogP contribution is -2.42. The van der Waals surface area contributed by atoms with Gasteiger partial charge in [0, 0.05) is 18.0 Å². The van der Waals surface area contributed by atoms with E-state index < -0.39 is 0 Å². The van der Waals surface area contributed by atoms with Gasteiger partial charge in [-0.1, -0.05) is 13.0 Å². The van der Waals surface area contributed by atoms with Crippen molar-refractivity contribution in [3.8, 4) is 5.75 Å². The Kier molecular flexibility index (Phi) is 7.45. The number of nitrogens with one attached hydrogen (secondary N) is 1. The summed E-state index contributed by atoms with van der Waals surface area (Å²) in [5, 5.41) is 5.87. The summed E-state index contributed by atoms with van der Waals surface area (Å²) in [5.41, 5.74) is 3.37. The molecule has 2 amide bonds. The van der Waals surface area contributed by atoms with Crippen molar-refractivity contribution in [2.75, 3.05) is 6.54 Å². The van der Waals surface area contributed by atoms with Crippen LogP contribution in [-0.2, 0) is 13.2 Å². The van der Waals surface area contributed by atoms with Crippen LogP contribution in [0, 0.1) is 13.8 Å². The van der Waals surface area contributed by atoms with Crippen molar-refractivity contribution in [3.63, 3.8) is 0 Å². The van der Waals surface area contributed by atoms with E-state index in [9.17, 15) is 4.79 Å². The highest BCUT2D eigenvalue weighted by atomic mass is 32.1. The molecule has 0 bridgehead atoms. The van der Waals surface area contributed by atoms with Crippen molar-refractivity contribution in [1.82, 2.24) is 15.2 Å². The molecule has 6 heteroatoms. The Labute approximate surface area is 160 Å². The van der Waals surface area contributed by atoms with E-state index in [0.29, 0.717) is 19.7 Å². The van der Waals surface area contributed by atoms with Crippen molar-refractivity contribution < 1.29 is 9.53 Å². The van der Waals surface area contributed by atoms with Crippen molar-refractivity contribution >= 4 is 17.4 Å². The lowest BCUT2D eigenvalue weighted by Gasteiger charge is -2.23. The summed E-state index contributed by atoms with van der Waals surface area (Å²) in [5.74, 6) is 0.855. The Balaban J connectivity index is 1.94. The number of urea groups is 1. The quantitative estimate of drug-likeness (QED) is 0.729. The van der Waals surface area contributed by atoms with Crippen LogP contribution >= 0.6 is 11.3 Å². The number of rotatable bonds is 8. The van der Waals surface area contributed by atoms with E-state index in [0.717, 1.165) is 22.9 Å². The number of carbonyl (C=O) groups is 1. The normalized spacial score (nSPS) is 10.8. The average Bonchev–Trinajstić information content (AvgIpc) is 3.02. The zero-order valence-electron chi connectivity index (χ0n) is 16.3. The Hall–Kier alpha value is -2.08. The van der Waals surface area contributed by atoms with Crippen LogP contribution in [0.25, 0.3) is 0 Å². The first-order valence-corrected chi connectivity index (χ1v) is 9.95. The van der Waals surface area contributed by atoms with Gasteiger partial charge in [0.25, 0.3) is 0 Å². The fourth-order valence-corrected chi connectivity index (χ4v) is 3.19. The highest BCUT2D eigenvalue weighted by Crippen LogP contribution is 2.19. The van der Waals surface area contributed by atoms with Crippen LogP contribution in [0.4, 0.5) is 4.79 Å². The third-order valence-corrected chi connectivity index (χ3v) is 4.86. The number of ether oxygens (including phenoxy) is 1. The fourth-order valence-electron chi connectivity index (χ4n) is 2.49. The van der Waals surface area contributed by atoms with Crippen LogP contribution < -0.4 is 10.1 Å². The summed E-state index contributed by atoms with van der Waals surface area (Å²) in [4.78, 5) is 18.7. The van der Waals surface area contributed by atoms with Crippen molar-refractivity contribution in [2.24, 2.45) is 0 Å². The molecule has 0 saturated heterocycles. The summed E-state index contributed by atoms with van der Waals surface area (Å²) in [7, 11) is 0. The lowest BCUT2D eigenvalue weighted by molar-refractivity contribution is 0.192. The predicted molar refractivity (Wildman–Crippen MR) is 107 cm³/mol. The molecule has 1 N–H and O–H groups in total. The minimum absolute atomic E-state index is 0.0391. The number of amides is 2. The molecule has 5 nitrogen and oxygen atoms in total. The van der Waals surface area contributed by atoms with Gasteiger partial charge >= 0.3 is 6.03 Å². The van der Waals surface area contributed by atoms with E-state index in [1.54, 1.807) is 11.3 Å². The maximum Gasteiger partial charge on any atom is 0.317 e. The van der Waals surface area contributed by atoms with Crippen LogP contribution in [0.15, 0.2) is 23.6 Å². The molecule has 0 radical (unpaired) electrons. The third kappa shape index (κ3) is 6.02. The molecule has 0 aliphatic carbocycles. The number of nitrogens with zero attached hydrogens (tertiary/aromatic N) is 2. The SMILES string of the molecule is CCCN(Cc1csc(COc2ccc(C)c(C)c2)n1)C(=O)NC(C)C. The number of thiazole rings is 1. The summed E-state index contributed by atoms with van der Waals surface area (Å²) in [6, 6.07) is 6.18. The molecular weight excluding hydrogens is 346 g/mol. The Morgan fingerprint density at radius 2 is 2.08 bits per heavy atom. The average molecular weight is 376 g/mol. The molecular formula is C20H29N3O2S. The van der Waals surface area contributed by atoms with E-state index in [1.165, 1.54) is 11.1 Å². The third-order valence-electron chi connectivity index (χ3n) is 3.99. The number of benzene rings is 1. The lowest BCUT2D eigenvalue weighted by atomic mass is 10.1. The number of hydrogen-bond donors (Lipinski definition) is 1. The zero-order valence-corrected chi connectivity index (χ0v) is 17.2. The summed E-state index contributed by atoms with van der Waals surface area (Å²) < 4.78 is 5.85. The van der Waals surface area contributed by atoms with Gasteiger partial charge in [-0.2, -0.15) is 0 Å². The molecule has 142 valence electrons. The molecule has 2 rings (SSSR count). The summed E-state index contributed by atoms with van der Waals surface area (Å²) in [6.07, 6.45) is 0.915. The van der Waals surface area contributed by atoms with Crippen LogP contribution in [0.5, 0.6) is 5.75 Å². The second-order valence-electron chi connectivity index (χ2n) is 6.79. The van der Waals surface area contributed by atoms with Gasteiger partial charge in [-0.25, -0.2) is 9.78 Å². The van der Waals surface area contributed by atoms with E-state index in [4.69, 9.17) is 4.74 Å². The smallest absolute Gasteiger partial charge is 0.317 e. The highest BCUT2D eigenvalue weighted by Gasteiger charge is 2.15. The van der Waals surface area contributed by atoms with Crippen LogP contribution in [0.3, 0.4) is 0 Å². The molecule has 1 heterocycles. The molecule has 0 saturated carbocycles. The largest absolute Gasteiger partial charge is 0.486 e. The van der Waals surface area contributed by atoms with Gasteiger partial charge < -0.3 is 15.0 Å². The van der Waals surface area contributed by atoms with E-state index in [1.807, 2.05) is 36.3 Å². The molecule has 1 aromatic heterocycles. The molecule has 0 atom stereocenters. The van der Waals surface area contributed by atoms with Crippen LogP contribution in [0.1, 0.15) is 49.0 Å². The van der Waals surface area contributed by atoms with Gasteiger partial charge in [0.05, 0.1) is 12.2 Å². The molecule has 1 aromatic carbocycles. The summed E-state index contributed by atoms with van der Waals surface area (Å²) in [6.45, 7) is 11.8. The summed E-state index contributed by atoms with van der Waals surface area (Å²) >= 11 is 1.57. The van der Waals surface area contributed by atoms with Crippen molar-refractivity contribution in [1.29, 1.82) is 0 Å². The first kappa shape index (κ1) is 20.2. The molecule has 0 aliphatic rings. The first-order chi connectivity index (χ1) is 12.4. The predicted octanol–water partition coefficient (Wildman–Crippen LogP) is 4.67. The minimum Gasteiger partial charge on any atom is -0.486 e. The van der Waals surface area contributed by atoms with Gasteiger partial charge in [-0.05, 0) is 57.4 Å². The highest BCUT2D eigenvalue weighted by molar-refractivity contribution is 7.09. The second-order valence-corrected chi connectivity index (χ2v) is 7.74. The van der Waals surface area contributed by atoms with Gasteiger partial charge in [0.1, 0.15) is 17.4 Å². The van der Waals surface area contributed by atoms with Crippen molar-refractivity contribution in [3.05, 3.63) is 45.4 Å². The molecule has 0 aliphatic heterocycles. The maximum absolute atomic E-state index is 12.3. The number of carbonyl (C=O) groups excluding carboxylic acids is 1. The van der Waals surface area contributed by atoms with Crippen LogP contribution in [0.2, 0.25) is 0 Å². The van der Waals surface area contributed by atoms with Crippen LogP contribution in [-0.4, -0.2) is 28.5 Å².